The van der Waals surface area contributed by atoms with Crippen molar-refractivity contribution in [3.63, 3.8) is 0 Å². The monoisotopic (exact) mass is 890 g/mol. The zero-order chi connectivity index (χ0) is 44.5. The average molecular weight is 892 g/mol. The third-order valence-electron chi connectivity index (χ3n) is 12.8. The van der Waals surface area contributed by atoms with Gasteiger partial charge >= 0.3 is 6.18 Å². The van der Waals surface area contributed by atoms with Crippen LogP contribution < -0.4 is 10.3 Å². The van der Waals surface area contributed by atoms with Gasteiger partial charge in [0, 0.05) is 33.8 Å². The number of para-hydroxylation sites is 1. The fourth-order valence-electron chi connectivity index (χ4n) is 10.1. The number of imide groups is 2. The predicted octanol–water partition coefficient (Wildman–Crippen LogP) is 9.26. The number of ketones is 1. The van der Waals surface area contributed by atoms with Gasteiger partial charge in [-0.25, -0.2) is 4.98 Å². The number of hydrazine groups is 1. The second kappa shape index (κ2) is 15.7. The number of halogens is 5. The van der Waals surface area contributed by atoms with Crippen LogP contribution in [0, 0.1) is 23.7 Å². The summed E-state index contributed by atoms with van der Waals surface area (Å²) in [6, 6.07) is 26.8. The van der Waals surface area contributed by atoms with Crippen LogP contribution in [0.2, 0.25) is 10.0 Å². The number of aromatic nitrogens is 1. The highest BCUT2D eigenvalue weighted by atomic mass is 35.5. The molecule has 0 unspecified atom stereocenters. The van der Waals surface area contributed by atoms with Crippen molar-refractivity contribution in [1.82, 2.24) is 9.99 Å². The molecule has 0 radical (unpaired) electrons. The predicted molar refractivity (Wildman–Crippen MR) is 228 cm³/mol. The summed E-state index contributed by atoms with van der Waals surface area (Å²) in [7, 11) is 0. The van der Waals surface area contributed by atoms with Crippen molar-refractivity contribution in [2.24, 2.45) is 23.7 Å². The van der Waals surface area contributed by atoms with Gasteiger partial charge in [-0.05, 0) is 78.8 Å². The Labute approximate surface area is 368 Å². The molecule has 6 atom stereocenters. The number of hydrogen-bond acceptors (Lipinski definition) is 8. The Hall–Kier alpha value is -6.57. The normalized spacial score (nSPS) is 24.1. The SMILES string of the molecule is C=CCc1cccc([C@H]2C3=CC[C@@H]4C(=O)N(c5ccc(C(=O)c6ccccc6)cc5)C(=O)[C@@H]4[C@@H]3C[C@H]3C(=O)N(Nc4ncc(C(F)(F)F)cc4Cl)C(=O)[C@@]23c2ccc(Cl)cc2)c1O. The quantitative estimate of drug-likeness (QED) is 0.0850. The maximum absolute atomic E-state index is 15.5. The highest BCUT2D eigenvalue weighted by Gasteiger charge is 2.71. The number of anilines is 2. The topological polar surface area (TPSA) is 137 Å². The standard InChI is InChI=1S/C48H35Cl2F3N4O6/c1-2-7-25-10-6-11-34(41(25)59)39-32-20-21-33-38(45(62)56(43(33)60)31-18-12-27(13-19-31)40(58)26-8-4-3-5-9-26)35(32)23-36-44(61)57(46(63)47(36,39)28-14-16-30(49)17-15-28)55-42-37(50)22-29(24-54-42)48(51,52)53/h2-6,8-20,22,24,33,35-36,38-39,59H,1,7,21,23H2,(H,54,55)/t33-,35+,36-,38-,39+,47+/m0/s1. The maximum Gasteiger partial charge on any atom is 0.417 e. The fraction of sp³-hybridized carbons (Fsp3) is 0.208. The number of benzene rings is 4. The van der Waals surface area contributed by atoms with E-state index in [9.17, 15) is 32.7 Å². The number of rotatable bonds is 9. The first kappa shape index (κ1) is 41.8. The zero-order valence-corrected chi connectivity index (χ0v) is 34.5. The molecule has 5 aromatic rings. The van der Waals surface area contributed by atoms with E-state index < -0.39 is 81.2 Å². The van der Waals surface area contributed by atoms with Crippen LogP contribution in [0.4, 0.5) is 24.7 Å². The molecule has 4 aliphatic rings. The van der Waals surface area contributed by atoms with E-state index in [-0.39, 0.29) is 42.0 Å². The molecule has 1 saturated carbocycles. The summed E-state index contributed by atoms with van der Waals surface area (Å²) < 4.78 is 40.8. The van der Waals surface area contributed by atoms with E-state index in [0.717, 1.165) is 4.90 Å². The molecule has 0 spiro atoms. The Balaban J connectivity index is 1.17. The van der Waals surface area contributed by atoms with Gasteiger partial charge in [-0.2, -0.15) is 18.2 Å². The maximum atomic E-state index is 15.5. The zero-order valence-electron chi connectivity index (χ0n) is 33.0. The molecule has 9 rings (SSSR count). The van der Waals surface area contributed by atoms with E-state index in [0.29, 0.717) is 50.1 Å². The molecule has 2 saturated heterocycles. The number of hydrogen-bond donors (Lipinski definition) is 2. The molecule has 3 fully saturated rings. The van der Waals surface area contributed by atoms with Gasteiger partial charge in [0.1, 0.15) is 5.75 Å². The molecule has 2 aliphatic carbocycles. The first-order chi connectivity index (χ1) is 30.2. The van der Waals surface area contributed by atoms with Crippen LogP contribution in [0.25, 0.3) is 0 Å². The van der Waals surface area contributed by atoms with Crippen molar-refractivity contribution < 1.29 is 42.3 Å². The Bertz CT molecular complexity index is 2780. The molecule has 15 heteroatoms. The summed E-state index contributed by atoms with van der Waals surface area (Å²) in [4.78, 5) is 77.8. The van der Waals surface area contributed by atoms with Crippen LogP contribution in [0.5, 0.6) is 5.75 Å². The molecule has 4 amide bonds. The Kier molecular flexibility index (Phi) is 10.4. The number of carbonyl (C=O) groups is 5. The van der Waals surface area contributed by atoms with Crippen LogP contribution >= 0.6 is 23.2 Å². The van der Waals surface area contributed by atoms with E-state index in [1.54, 1.807) is 103 Å². The summed E-state index contributed by atoms with van der Waals surface area (Å²) in [6.07, 6.45) is -0.622. The summed E-state index contributed by atoms with van der Waals surface area (Å²) in [5.74, 6) is -8.49. The minimum absolute atomic E-state index is 0.0856. The minimum Gasteiger partial charge on any atom is -0.507 e. The molecule has 1 aromatic heterocycles. The number of amides is 4. The summed E-state index contributed by atoms with van der Waals surface area (Å²) in [5, 5.41) is 12.6. The van der Waals surface area contributed by atoms with Crippen LogP contribution in [0.1, 0.15) is 56.9 Å². The summed E-state index contributed by atoms with van der Waals surface area (Å²) in [6.45, 7) is 3.82. The molecule has 3 heterocycles. The highest BCUT2D eigenvalue weighted by molar-refractivity contribution is 6.33. The Morgan fingerprint density at radius 2 is 1.59 bits per heavy atom. The number of allylic oxidation sites excluding steroid dienone is 3. The molecule has 10 nitrogen and oxygen atoms in total. The van der Waals surface area contributed by atoms with Crippen LogP contribution in [-0.4, -0.2) is 44.5 Å². The van der Waals surface area contributed by atoms with E-state index in [4.69, 9.17) is 23.2 Å². The van der Waals surface area contributed by atoms with Crippen molar-refractivity contribution >= 4 is 64.1 Å². The number of phenolic OH excluding ortho intramolecular Hbond substituents is 1. The highest BCUT2D eigenvalue weighted by Crippen LogP contribution is 2.65. The van der Waals surface area contributed by atoms with E-state index in [1.165, 1.54) is 0 Å². The van der Waals surface area contributed by atoms with E-state index in [1.807, 2.05) is 6.08 Å². The average Bonchev–Trinajstić information content (AvgIpc) is 3.65. The van der Waals surface area contributed by atoms with Gasteiger partial charge < -0.3 is 5.11 Å². The van der Waals surface area contributed by atoms with E-state index in [2.05, 4.69) is 17.0 Å². The number of nitrogens with zero attached hydrogens (tertiary/aromatic N) is 3. The fourth-order valence-corrected chi connectivity index (χ4v) is 10.4. The molecule has 4 aromatic carbocycles. The minimum atomic E-state index is -4.78. The lowest BCUT2D eigenvalue weighted by atomic mass is 9.49. The number of carbonyl (C=O) groups excluding carboxylic acids is 5. The van der Waals surface area contributed by atoms with Gasteiger partial charge in [-0.15, -0.1) is 6.58 Å². The molecule has 0 bridgehead atoms. The second-order valence-electron chi connectivity index (χ2n) is 16.0. The first-order valence-electron chi connectivity index (χ1n) is 20.0. The summed E-state index contributed by atoms with van der Waals surface area (Å²) in [5.41, 5.74) is 2.33. The van der Waals surface area contributed by atoms with Gasteiger partial charge in [0.2, 0.25) is 11.8 Å². The van der Waals surface area contributed by atoms with Crippen LogP contribution in [0.3, 0.4) is 0 Å². The molecule has 63 heavy (non-hydrogen) atoms. The molecular formula is C48H35Cl2F3N4O6. The lowest BCUT2D eigenvalue weighted by Gasteiger charge is -2.50. The van der Waals surface area contributed by atoms with Gasteiger partial charge in [0.15, 0.2) is 11.6 Å². The van der Waals surface area contributed by atoms with Crippen molar-refractivity contribution in [1.29, 1.82) is 0 Å². The van der Waals surface area contributed by atoms with Crippen LogP contribution in [0.15, 0.2) is 134 Å². The molecule has 2 N–H and O–H groups in total. The number of nitrogens with one attached hydrogen (secondary N) is 1. The third-order valence-corrected chi connectivity index (χ3v) is 13.3. The van der Waals surface area contributed by atoms with Crippen molar-refractivity contribution in [3.8, 4) is 5.75 Å². The number of phenols is 1. The smallest absolute Gasteiger partial charge is 0.417 e. The van der Waals surface area contributed by atoms with Gasteiger partial charge in [0.25, 0.3) is 11.8 Å². The van der Waals surface area contributed by atoms with Crippen molar-refractivity contribution in [2.75, 3.05) is 10.3 Å². The van der Waals surface area contributed by atoms with Gasteiger partial charge in [0.05, 0.1) is 39.4 Å². The lowest BCUT2D eigenvalue weighted by molar-refractivity contribution is -0.139. The molecular weight excluding hydrogens is 856 g/mol. The second-order valence-corrected chi connectivity index (χ2v) is 16.9. The first-order valence-corrected chi connectivity index (χ1v) is 20.7. The van der Waals surface area contributed by atoms with Gasteiger partial charge in [-0.1, -0.05) is 102 Å². The largest absolute Gasteiger partial charge is 0.507 e. The lowest BCUT2D eigenvalue weighted by Crippen LogP contribution is -2.53. The van der Waals surface area contributed by atoms with E-state index >= 15 is 9.59 Å². The molecule has 2 aliphatic heterocycles. The Morgan fingerprint density at radius 1 is 0.889 bits per heavy atom. The Morgan fingerprint density at radius 3 is 2.25 bits per heavy atom. The summed E-state index contributed by atoms with van der Waals surface area (Å²) >= 11 is 12.7. The number of pyridine rings is 1. The number of alkyl halides is 3. The number of aromatic hydroxyl groups is 1. The van der Waals surface area contributed by atoms with Gasteiger partial charge in [-0.3, -0.25) is 34.3 Å². The van der Waals surface area contributed by atoms with Crippen LogP contribution in [-0.2, 0) is 37.2 Å². The van der Waals surface area contributed by atoms with Crippen molar-refractivity contribution in [3.05, 3.63) is 177 Å². The molecule has 318 valence electrons. The number of fused-ring (bicyclic) bond motifs is 4. The van der Waals surface area contributed by atoms with Crippen molar-refractivity contribution in [2.45, 2.75) is 36.8 Å². The third kappa shape index (κ3) is 6.64.